The molecule has 2 aromatic rings. The van der Waals surface area contributed by atoms with Crippen LogP contribution in [0.2, 0.25) is 0 Å². The predicted molar refractivity (Wildman–Crippen MR) is 114 cm³/mol. The van der Waals surface area contributed by atoms with Crippen LogP contribution in [-0.2, 0) is 4.74 Å². The van der Waals surface area contributed by atoms with E-state index in [1.54, 1.807) is 25.1 Å². The summed E-state index contributed by atoms with van der Waals surface area (Å²) in [4.78, 5) is 24.4. The van der Waals surface area contributed by atoms with Crippen molar-refractivity contribution in [1.82, 2.24) is 5.01 Å². The molecule has 1 aliphatic rings. The fraction of sp³-hybridized carbons (Fsp3) is 0.318. The first kappa shape index (κ1) is 23.9. The van der Waals surface area contributed by atoms with Crippen LogP contribution in [0, 0.1) is 0 Å². The van der Waals surface area contributed by atoms with Gasteiger partial charge in [-0.25, -0.2) is 9.80 Å². The number of rotatable bonds is 6. The van der Waals surface area contributed by atoms with Crippen LogP contribution in [0.4, 0.5) is 23.7 Å². The Labute approximate surface area is 187 Å². The first-order valence-corrected chi connectivity index (χ1v) is 10.1. The molecule has 0 atom stereocenters. The molecule has 33 heavy (non-hydrogen) atoms. The number of amides is 2. The van der Waals surface area contributed by atoms with Gasteiger partial charge in [0.1, 0.15) is 0 Å². The van der Waals surface area contributed by atoms with Gasteiger partial charge in [0, 0.05) is 23.4 Å². The number of carbonyl (C=O) groups is 2. The van der Waals surface area contributed by atoms with E-state index in [1.807, 2.05) is 0 Å². The smallest absolute Gasteiger partial charge is 0.493 e. The summed E-state index contributed by atoms with van der Waals surface area (Å²) in [6, 6.07) is 10.3. The van der Waals surface area contributed by atoms with Crippen molar-refractivity contribution in [2.24, 2.45) is 5.10 Å². The molecule has 0 unspecified atom stereocenters. The molecule has 2 amide bonds. The molecular formula is C22H22F3N3O5. The second-order valence-electron chi connectivity index (χ2n) is 6.91. The number of hydrogen-bond acceptors (Lipinski definition) is 6. The summed E-state index contributed by atoms with van der Waals surface area (Å²) >= 11 is 0. The molecule has 1 N–H and O–H groups in total. The number of halogens is 3. The Balaban J connectivity index is 1.78. The number of alkyl halides is 3. The molecule has 11 heteroatoms. The highest BCUT2D eigenvalue weighted by Crippen LogP contribution is 2.34. The standard InChI is InChI=1S/C22H22F3N3O5/c1-3-32-21(30)26-16-9-6-14(7-10-16)20(29)28-12-4-5-17(27-28)15-8-11-18(31-2)19(13-15)33-22(23,24)25/h6-11,13H,3-5,12H2,1-2H3,(H,26,30). The number of anilines is 1. The molecule has 1 aliphatic heterocycles. The van der Waals surface area contributed by atoms with Gasteiger partial charge in [0.25, 0.3) is 5.91 Å². The lowest BCUT2D eigenvalue weighted by molar-refractivity contribution is -0.275. The lowest BCUT2D eigenvalue weighted by atomic mass is 10.0. The van der Waals surface area contributed by atoms with E-state index in [4.69, 9.17) is 9.47 Å². The molecule has 0 bridgehead atoms. The van der Waals surface area contributed by atoms with Crippen LogP contribution in [0.5, 0.6) is 11.5 Å². The van der Waals surface area contributed by atoms with E-state index in [0.717, 1.165) is 0 Å². The molecule has 0 fully saturated rings. The van der Waals surface area contributed by atoms with E-state index >= 15 is 0 Å². The number of carbonyl (C=O) groups excluding carboxylic acids is 2. The van der Waals surface area contributed by atoms with Crippen LogP contribution in [-0.4, -0.2) is 49.3 Å². The maximum absolute atomic E-state index is 12.9. The average Bonchev–Trinajstić information content (AvgIpc) is 2.78. The Bertz CT molecular complexity index is 1040. The van der Waals surface area contributed by atoms with Crippen molar-refractivity contribution in [3.05, 3.63) is 53.6 Å². The monoisotopic (exact) mass is 465 g/mol. The highest BCUT2D eigenvalue weighted by molar-refractivity contribution is 6.03. The van der Waals surface area contributed by atoms with Gasteiger partial charge in [0.2, 0.25) is 0 Å². The van der Waals surface area contributed by atoms with E-state index in [0.29, 0.717) is 41.9 Å². The van der Waals surface area contributed by atoms with Crippen molar-refractivity contribution in [3.63, 3.8) is 0 Å². The van der Waals surface area contributed by atoms with Crippen LogP contribution in [0.3, 0.4) is 0 Å². The summed E-state index contributed by atoms with van der Waals surface area (Å²) in [7, 11) is 1.24. The molecule has 3 rings (SSSR count). The molecule has 0 aliphatic carbocycles. The Kier molecular flexibility index (Phi) is 7.41. The lowest BCUT2D eigenvalue weighted by Gasteiger charge is -2.24. The fourth-order valence-corrected chi connectivity index (χ4v) is 3.18. The molecule has 0 radical (unpaired) electrons. The number of nitrogens with one attached hydrogen (secondary N) is 1. The van der Waals surface area contributed by atoms with Gasteiger partial charge in [-0.1, -0.05) is 0 Å². The van der Waals surface area contributed by atoms with Gasteiger partial charge in [0.05, 0.1) is 19.4 Å². The summed E-state index contributed by atoms with van der Waals surface area (Å²) in [6.45, 7) is 2.27. The molecule has 0 spiro atoms. The third-order valence-corrected chi connectivity index (χ3v) is 4.64. The van der Waals surface area contributed by atoms with E-state index < -0.39 is 18.2 Å². The number of methoxy groups -OCH3 is 1. The predicted octanol–water partition coefficient (Wildman–Crippen LogP) is 4.80. The minimum atomic E-state index is -4.88. The summed E-state index contributed by atoms with van der Waals surface area (Å²) in [6.07, 6.45) is -4.43. The quantitative estimate of drug-likeness (QED) is 0.662. The average molecular weight is 465 g/mol. The molecule has 176 valence electrons. The highest BCUT2D eigenvalue weighted by Gasteiger charge is 2.33. The zero-order valence-electron chi connectivity index (χ0n) is 17.9. The van der Waals surface area contributed by atoms with Gasteiger partial charge in [0.15, 0.2) is 11.5 Å². The zero-order chi connectivity index (χ0) is 24.0. The van der Waals surface area contributed by atoms with E-state index in [2.05, 4.69) is 15.2 Å². The third-order valence-electron chi connectivity index (χ3n) is 4.64. The van der Waals surface area contributed by atoms with Gasteiger partial charge < -0.3 is 14.2 Å². The molecule has 1 heterocycles. The van der Waals surface area contributed by atoms with Crippen LogP contribution >= 0.6 is 0 Å². The first-order chi connectivity index (χ1) is 15.7. The van der Waals surface area contributed by atoms with Gasteiger partial charge in [-0.3, -0.25) is 10.1 Å². The molecule has 0 saturated heterocycles. The minimum absolute atomic E-state index is 0.0723. The molecular weight excluding hydrogens is 443 g/mol. The van der Waals surface area contributed by atoms with Gasteiger partial charge >= 0.3 is 12.5 Å². The lowest BCUT2D eigenvalue weighted by Crippen LogP contribution is -2.32. The molecule has 0 aromatic heterocycles. The third kappa shape index (κ3) is 6.37. The Morgan fingerprint density at radius 2 is 1.85 bits per heavy atom. The number of hydrazone groups is 1. The van der Waals surface area contributed by atoms with Crippen LogP contribution in [0.15, 0.2) is 47.6 Å². The van der Waals surface area contributed by atoms with Crippen LogP contribution in [0.25, 0.3) is 0 Å². The first-order valence-electron chi connectivity index (χ1n) is 10.1. The van der Waals surface area contributed by atoms with Gasteiger partial charge in [-0.2, -0.15) is 5.10 Å². The minimum Gasteiger partial charge on any atom is -0.493 e. The van der Waals surface area contributed by atoms with Crippen LogP contribution in [0.1, 0.15) is 35.7 Å². The Morgan fingerprint density at radius 1 is 1.12 bits per heavy atom. The normalized spacial score (nSPS) is 13.7. The maximum Gasteiger partial charge on any atom is 0.573 e. The van der Waals surface area contributed by atoms with Crippen molar-refractivity contribution in [2.45, 2.75) is 26.1 Å². The molecule has 2 aromatic carbocycles. The Hall–Kier alpha value is -3.76. The topological polar surface area (TPSA) is 89.5 Å². The summed E-state index contributed by atoms with van der Waals surface area (Å²) in [5, 5.41) is 8.15. The van der Waals surface area contributed by atoms with Crippen molar-refractivity contribution in [1.29, 1.82) is 0 Å². The van der Waals surface area contributed by atoms with E-state index in [-0.39, 0.29) is 18.3 Å². The van der Waals surface area contributed by atoms with Crippen molar-refractivity contribution < 1.29 is 37.0 Å². The summed E-state index contributed by atoms with van der Waals surface area (Å²) < 4.78 is 52.0. The van der Waals surface area contributed by atoms with E-state index in [1.165, 1.54) is 36.4 Å². The van der Waals surface area contributed by atoms with Crippen LogP contribution < -0.4 is 14.8 Å². The second-order valence-corrected chi connectivity index (χ2v) is 6.91. The maximum atomic E-state index is 12.9. The van der Waals surface area contributed by atoms with Gasteiger partial charge in [-0.15, -0.1) is 13.2 Å². The SMILES string of the molecule is CCOC(=O)Nc1ccc(C(=O)N2CCCC(c3ccc(OC)c(OC(F)(F)F)c3)=N2)cc1. The fourth-order valence-electron chi connectivity index (χ4n) is 3.18. The number of benzene rings is 2. The highest BCUT2D eigenvalue weighted by atomic mass is 19.4. The zero-order valence-corrected chi connectivity index (χ0v) is 17.9. The molecule has 8 nitrogen and oxygen atoms in total. The number of ether oxygens (including phenoxy) is 3. The number of nitrogens with zero attached hydrogens (tertiary/aromatic N) is 2. The van der Waals surface area contributed by atoms with Crippen molar-refractivity contribution >= 4 is 23.4 Å². The number of hydrogen-bond donors (Lipinski definition) is 1. The van der Waals surface area contributed by atoms with Crippen molar-refractivity contribution in [3.8, 4) is 11.5 Å². The van der Waals surface area contributed by atoms with Crippen molar-refractivity contribution in [2.75, 3.05) is 25.6 Å². The summed E-state index contributed by atoms with van der Waals surface area (Å²) in [5.74, 6) is -0.939. The summed E-state index contributed by atoms with van der Waals surface area (Å²) in [5.41, 5.74) is 1.64. The van der Waals surface area contributed by atoms with E-state index in [9.17, 15) is 22.8 Å². The van der Waals surface area contributed by atoms with Gasteiger partial charge in [-0.05, 0) is 62.2 Å². The second kappa shape index (κ2) is 10.2. The Morgan fingerprint density at radius 3 is 2.48 bits per heavy atom. The molecule has 0 saturated carbocycles. The largest absolute Gasteiger partial charge is 0.573 e.